The smallest absolute Gasteiger partial charge is 0.101 e. The van der Waals surface area contributed by atoms with Gasteiger partial charge in [0.15, 0.2) is 0 Å². The van der Waals surface area contributed by atoms with Crippen molar-refractivity contribution in [2.75, 3.05) is 0 Å². The van der Waals surface area contributed by atoms with Crippen LogP contribution in [0.2, 0.25) is 0 Å². The predicted octanol–water partition coefficient (Wildman–Crippen LogP) is 13.9. The van der Waals surface area contributed by atoms with Crippen molar-refractivity contribution in [1.29, 1.82) is 0 Å². The Hall–Kier alpha value is -7.49. The van der Waals surface area contributed by atoms with Gasteiger partial charge < -0.3 is 4.57 Å². The molecule has 3 heterocycles. The number of rotatable bonds is 6. The molecule has 0 aliphatic heterocycles. The summed E-state index contributed by atoms with van der Waals surface area (Å²) in [6, 6.07) is 76.2. The largest absolute Gasteiger partial charge is 0.309 e. The van der Waals surface area contributed by atoms with Crippen LogP contribution in [0.4, 0.5) is 0 Å². The Morgan fingerprint density at radius 2 is 0.839 bits per heavy atom. The van der Waals surface area contributed by atoms with E-state index < -0.39 is 0 Å². The first-order valence-electron chi connectivity index (χ1n) is 19.1. The molecule has 0 aliphatic carbocycles. The molecule has 0 amide bonds. The number of nitrogens with zero attached hydrogens (tertiary/aromatic N) is 3. The molecule has 0 N–H and O–H groups in total. The quantitative estimate of drug-likeness (QED) is 0.168. The molecule has 0 unspecified atom stereocenters. The van der Waals surface area contributed by atoms with Gasteiger partial charge in [-0.25, -0.2) is 4.52 Å². The highest BCUT2D eigenvalue weighted by Crippen LogP contribution is 2.43. The van der Waals surface area contributed by atoms with Gasteiger partial charge in [0.25, 0.3) is 0 Å². The van der Waals surface area contributed by atoms with Crippen molar-refractivity contribution in [1.82, 2.24) is 14.2 Å². The first-order valence-corrected chi connectivity index (χ1v) is 19.1. The molecule has 11 aromatic rings. The zero-order chi connectivity index (χ0) is 37.0. The van der Waals surface area contributed by atoms with Crippen LogP contribution in [-0.4, -0.2) is 14.2 Å². The topological polar surface area (TPSA) is 22.2 Å². The second-order valence-electron chi connectivity index (χ2n) is 14.4. The van der Waals surface area contributed by atoms with Crippen molar-refractivity contribution in [3.05, 3.63) is 212 Å². The van der Waals surface area contributed by atoms with Gasteiger partial charge in [0.05, 0.1) is 22.2 Å². The Bertz CT molecular complexity index is 3140. The van der Waals surface area contributed by atoms with E-state index in [1.54, 1.807) is 0 Å². The van der Waals surface area contributed by atoms with Gasteiger partial charge in [-0.2, -0.15) is 5.10 Å². The number of aromatic nitrogens is 3. The lowest BCUT2D eigenvalue weighted by atomic mass is 9.93. The standard InChI is InChI=1S/C53H35N3/c1-4-15-39(16-5-1)50-35-47-43(23-14-24-46(47)53-51(40-17-6-2-7-18-40)52(54-56(50)53)41-19-8-3-9-20-41)38-29-27-36(28-30-38)37-31-33-42(34-32-37)55-48-25-12-10-21-44(48)45-22-11-13-26-49(45)55/h1-35H. The summed E-state index contributed by atoms with van der Waals surface area (Å²) in [6.45, 7) is 0. The molecule has 0 aliphatic rings. The van der Waals surface area contributed by atoms with Gasteiger partial charge in [-0.1, -0.05) is 182 Å². The first-order chi connectivity index (χ1) is 27.8. The van der Waals surface area contributed by atoms with E-state index in [0.717, 1.165) is 44.8 Å². The van der Waals surface area contributed by atoms with Crippen LogP contribution in [-0.2, 0) is 0 Å². The van der Waals surface area contributed by atoms with E-state index in [4.69, 9.17) is 5.10 Å². The Morgan fingerprint density at radius 3 is 1.46 bits per heavy atom. The summed E-state index contributed by atoms with van der Waals surface area (Å²) in [4.78, 5) is 0. The average molecular weight is 714 g/mol. The lowest BCUT2D eigenvalue weighted by Crippen LogP contribution is -1.96. The molecule has 3 nitrogen and oxygen atoms in total. The van der Waals surface area contributed by atoms with Gasteiger partial charge in [0, 0.05) is 38.5 Å². The molecule has 11 rings (SSSR count). The third-order valence-corrected chi connectivity index (χ3v) is 11.2. The maximum atomic E-state index is 5.40. The molecule has 0 spiro atoms. The van der Waals surface area contributed by atoms with Crippen LogP contribution in [0.1, 0.15) is 0 Å². The molecule has 0 bridgehead atoms. The molecule has 3 heteroatoms. The third kappa shape index (κ3) is 5.17. The average Bonchev–Trinajstić information content (AvgIpc) is 3.85. The first kappa shape index (κ1) is 32.0. The van der Waals surface area contributed by atoms with Crippen molar-refractivity contribution in [3.63, 3.8) is 0 Å². The van der Waals surface area contributed by atoms with Crippen molar-refractivity contribution in [3.8, 4) is 61.6 Å². The van der Waals surface area contributed by atoms with Crippen LogP contribution in [0.5, 0.6) is 0 Å². The molecule has 0 saturated carbocycles. The van der Waals surface area contributed by atoms with Gasteiger partial charge in [0.2, 0.25) is 0 Å². The molecule has 56 heavy (non-hydrogen) atoms. The predicted molar refractivity (Wildman–Crippen MR) is 234 cm³/mol. The summed E-state index contributed by atoms with van der Waals surface area (Å²) in [5.74, 6) is 0. The number of hydrogen-bond acceptors (Lipinski definition) is 1. The van der Waals surface area contributed by atoms with Crippen LogP contribution in [0.15, 0.2) is 212 Å². The van der Waals surface area contributed by atoms with E-state index in [1.165, 1.54) is 54.8 Å². The highest BCUT2D eigenvalue weighted by molar-refractivity contribution is 6.13. The normalized spacial score (nSPS) is 11.6. The lowest BCUT2D eigenvalue weighted by Gasteiger charge is -2.14. The molecule has 0 atom stereocenters. The molecular weight excluding hydrogens is 679 g/mol. The minimum Gasteiger partial charge on any atom is -0.309 e. The zero-order valence-electron chi connectivity index (χ0n) is 30.5. The summed E-state index contributed by atoms with van der Waals surface area (Å²) in [6.07, 6.45) is 0. The Balaban J connectivity index is 1.05. The SMILES string of the molecule is c1ccc(-c2nn3c(-c4ccccc4)cc4c(-c5ccc(-c6ccc(-n7c8ccccc8c8ccccc87)cc6)cc5)cccc4c3c2-c2ccccc2)cc1. The zero-order valence-corrected chi connectivity index (χ0v) is 30.5. The second kappa shape index (κ2) is 13.1. The molecule has 3 aromatic heterocycles. The maximum Gasteiger partial charge on any atom is 0.101 e. The minimum absolute atomic E-state index is 0.973. The number of hydrogen-bond donors (Lipinski definition) is 0. The molecule has 0 radical (unpaired) electrons. The third-order valence-electron chi connectivity index (χ3n) is 11.2. The van der Waals surface area contributed by atoms with Crippen LogP contribution >= 0.6 is 0 Å². The second-order valence-corrected chi connectivity index (χ2v) is 14.4. The van der Waals surface area contributed by atoms with Crippen LogP contribution in [0.25, 0.3) is 99.7 Å². The van der Waals surface area contributed by atoms with Crippen molar-refractivity contribution >= 4 is 38.1 Å². The highest BCUT2D eigenvalue weighted by Gasteiger charge is 2.22. The molecule has 0 fully saturated rings. The number of para-hydroxylation sites is 2. The molecule has 262 valence electrons. The number of benzene rings is 8. The van der Waals surface area contributed by atoms with E-state index in [1.807, 2.05) is 0 Å². The van der Waals surface area contributed by atoms with Crippen molar-refractivity contribution in [2.45, 2.75) is 0 Å². The monoisotopic (exact) mass is 713 g/mol. The van der Waals surface area contributed by atoms with Gasteiger partial charge >= 0.3 is 0 Å². The number of pyridine rings is 1. The Labute approximate surface area is 325 Å². The number of fused-ring (bicyclic) bond motifs is 6. The van der Waals surface area contributed by atoms with Gasteiger partial charge in [-0.05, 0) is 63.5 Å². The summed E-state index contributed by atoms with van der Waals surface area (Å²) in [5.41, 5.74) is 16.0. The molecule has 0 saturated heterocycles. The summed E-state index contributed by atoms with van der Waals surface area (Å²) in [7, 11) is 0. The van der Waals surface area contributed by atoms with Crippen LogP contribution < -0.4 is 0 Å². The lowest BCUT2D eigenvalue weighted by molar-refractivity contribution is 0.979. The fourth-order valence-electron chi connectivity index (χ4n) is 8.55. The van der Waals surface area contributed by atoms with Crippen molar-refractivity contribution < 1.29 is 0 Å². The van der Waals surface area contributed by atoms with Crippen LogP contribution in [0, 0.1) is 0 Å². The van der Waals surface area contributed by atoms with Gasteiger partial charge in [0.1, 0.15) is 5.69 Å². The van der Waals surface area contributed by atoms with Crippen LogP contribution in [0.3, 0.4) is 0 Å². The van der Waals surface area contributed by atoms with Gasteiger partial charge in [-0.3, -0.25) is 0 Å². The minimum atomic E-state index is 0.973. The van der Waals surface area contributed by atoms with Gasteiger partial charge in [-0.15, -0.1) is 0 Å². The van der Waals surface area contributed by atoms with Crippen molar-refractivity contribution in [2.24, 2.45) is 0 Å². The molecular formula is C53H35N3. The highest BCUT2D eigenvalue weighted by atomic mass is 15.2. The summed E-state index contributed by atoms with van der Waals surface area (Å²) < 4.78 is 4.53. The van der Waals surface area contributed by atoms with E-state index in [9.17, 15) is 0 Å². The maximum absolute atomic E-state index is 5.40. The van der Waals surface area contributed by atoms with E-state index in [2.05, 4.69) is 221 Å². The Kier molecular flexibility index (Phi) is 7.49. The summed E-state index contributed by atoms with van der Waals surface area (Å²) >= 11 is 0. The Morgan fingerprint density at radius 1 is 0.339 bits per heavy atom. The fraction of sp³-hybridized carbons (Fsp3) is 0. The fourth-order valence-corrected chi connectivity index (χ4v) is 8.55. The van der Waals surface area contributed by atoms with E-state index in [-0.39, 0.29) is 0 Å². The molecule has 8 aromatic carbocycles. The summed E-state index contributed by atoms with van der Waals surface area (Å²) in [5, 5.41) is 10.3. The van der Waals surface area contributed by atoms with E-state index in [0.29, 0.717) is 0 Å². The van der Waals surface area contributed by atoms with E-state index >= 15 is 0 Å².